The normalized spacial score (nSPS) is 16.4. The number of ether oxygens (including phenoxy) is 2. The number of carbonyl (C=O) groups excluding carboxylic acids is 2. The second-order valence-electron chi connectivity index (χ2n) is 8.17. The van der Waals surface area contributed by atoms with Gasteiger partial charge in [0.1, 0.15) is 11.9 Å². The third kappa shape index (κ3) is 6.97. The maximum Gasteiger partial charge on any atom is 0.522 e. The molecule has 0 spiro atoms. The van der Waals surface area contributed by atoms with E-state index in [0.29, 0.717) is 12.8 Å². The molecule has 194 valence electrons. The van der Waals surface area contributed by atoms with Gasteiger partial charge in [-0.2, -0.15) is 13.2 Å². The van der Waals surface area contributed by atoms with E-state index >= 15 is 0 Å². The van der Waals surface area contributed by atoms with Crippen LogP contribution in [0, 0.1) is 5.92 Å². The van der Waals surface area contributed by atoms with Gasteiger partial charge in [-0.3, -0.25) is 14.3 Å². The molecule has 3 rings (SSSR count). The Balaban J connectivity index is 1.67. The molecular formula is C21H23F6N3O4S. The number of alkyl halides is 6. The first-order valence-corrected chi connectivity index (χ1v) is 11.5. The van der Waals surface area contributed by atoms with E-state index in [1.165, 1.54) is 19.4 Å². The van der Waals surface area contributed by atoms with Crippen molar-refractivity contribution < 1.29 is 45.4 Å². The molecule has 2 aromatic heterocycles. The average molecular weight is 527 g/mol. The summed E-state index contributed by atoms with van der Waals surface area (Å²) in [5.41, 5.74) is -0.878. The van der Waals surface area contributed by atoms with Crippen LogP contribution in [0.4, 0.5) is 32.2 Å². The van der Waals surface area contributed by atoms with Gasteiger partial charge in [0.2, 0.25) is 0 Å². The molecule has 3 heterocycles. The monoisotopic (exact) mass is 527 g/mol. The zero-order chi connectivity index (χ0) is 26.0. The third-order valence-corrected chi connectivity index (χ3v) is 6.40. The number of esters is 1. The fraction of sp³-hybridized carbons (Fsp3) is 0.571. The van der Waals surface area contributed by atoms with Gasteiger partial charge in [0, 0.05) is 38.4 Å². The molecule has 1 atom stereocenters. The summed E-state index contributed by atoms with van der Waals surface area (Å²) < 4.78 is 86.4. The summed E-state index contributed by atoms with van der Waals surface area (Å²) in [5, 5.41) is 3.73. The third-order valence-electron chi connectivity index (χ3n) is 5.40. The number of piperidine rings is 1. The number of thiophene rings is 1. The van der Waals surface area contributed by atoms with Crippen molar-refractivity contribution in [2.75, 3.05) is 31.6 Å². The van der Waals surface area contributed by atoms with Gasteiger partial charge in [-0.1, -0.05) is 6.92 Å². The van der Waals surface area contributed by atoms with Gasteiger partial charge >= 0.3 is 18.5 Å². The predicted octanol–water partition coefficient (Wildman–Crippen LogP) is 4.75. The fourth-order valence-electron chi connectivity index (χ4n) is 3.68. The Morgan fingerprint density at radius 3 is 2.46 bits per heavy atom. The summed E-state index contributed by atoms with van der Waals surface area (Å²) in [6.45, 7) is 1.22. The van der Waals surface area contributed by atoms with E-state index in [1.807, 2.05) is 0 Å². The van der Waals surface area contributed by atoms with Crippen molar-refractivity contribution in [1.29, 1.82) is 0 Å². The standard InChI is InChI=1S/C21H23F6N3O4S/c1-11(9-33-21(25,26)27)7-16(31)34-12-3-5-30(6-4-12)15-8-14(20(22,23)24)18-17(29-15)13(10-35-18)19(32)28-2/h8,10-12H,3-7,9H2,1-2H3,(H,28,32)/t11-/m1/s1. The number of hydrogen-bond donors (Lipinski definition) is 1. The molecule has 0 radical (unpaired) electrons. The molecule has 0 bridgehead atoms. The van der Waals surface area contributed by atoms with E-state index in [0.717, 1.165) is 17.4 Å². The smallest absolute Gasteiger partial charge is 0.462 e. The fourth-order valence-corrected chi connectivity index (χ4v) is 4.70. The molecule has 7 nitrogen and oxygen atoms in total. The molecule has 0 aromatic carbocycles. The molecule has 35 heavy (non-hydrogen) atoms. The first-order valence-electron chi connectivity index (χ1n) is 10.6. The zero-order valence-electron chi connectivity index (χ0n) is 18.8. The minimum Gasteiger partial charge on any atom is -0.462 e. The van der Waals surface area contributed by atoms with Crippen molar-refractivity contribution in [3.63, 3.8) is 0 Å². The van der Waals surface area contributed by atoms with Crippen LogP contribution < -0.4 is 10.2 Å². The molecule has 1 amide bonds. The molecule has 2 aromatic rings. The summed E-state index contributed by atoms with van der Waals surface area (Å²) in [6.07, 6.45) is -9.62. The number of halogens is 6. The van der Waals surface area contributed by atoms with Crippen LogP contribution in [-0.4, -0.2) is 56.1 Å². The Morgan fingerprint density at radius 1 is 1.23 bits per heavy atom. The van der Waals surface area contributed by atoms with Crippen LogP contribution in [0.2, 0.25) is 0 Å². The molecule has 1 fully saturated rings. The summed E-state index contributed by atoms with van der Waals surface area (Å²) >= 11 is 0.793. The van der Waals surface area contributed by atoms with E-state index in [2.05, 4.69) is 15.0 Å². The minimum atomic E-state index is -4.78. The summed E-state index contributed by atoms with van der Waals surface area (Å²) in [4.78, 5) is 30.1. The van der Waals surface area contributed by atoms with Gasteiger partial charge in [-0.25, -0.2) is 4.98 Å². The maximum absolute atomic E-state index is 13.7. The number of nitrogens with zero attached hydrogens (tertiary/aromatic N) is 2. The van der Waals surface area contributed by atoms with Crippen molar-refractivity contribution in [2.24, 2.45) is 5.92 Å². The molecule has 14 heteroatoms. The zero-order valence-corrected chi connectivity index (χ0v) is 19.6. The summed E-state index contributed by atoms with van der Waals surface area (Å²) in [5.74, 6) is -1.87. The number of hydrogen-bond acceptors (Lipinski definition) is 7. The molecule has 0 saturated carbocycles. The highest BCUT2D eigenvalue weighted by Crippen LogP contribution is 2.40. The summed E-state index contributed by atoms with van der Waals surface area (Å²) in [7, 11) is 1.37. The molecule has 0 aliphatic carbocycles. The number of anilines is 1. The summed E-state index contributed by atoms with van der Waals surface area (Å²) in [6, 6.07) is 0.946. The Bertz CT molecular complexity index is 1060. The quantitative estimate of drug-likeness (QED) is 0.414. The van der Waals surface area contributed by atoms with E-state index in [9.17, 15) is 35.9 Å². The van der Waals surface area contributed by atoms with Crippen molar-refractivity contribution in [3.8, 4) is 0 Å². The van der Waals surface area contributed by atoms with Gasteiger partial charge in [0.25, 0.3) is 5.91 Å². The van der Waals surface area contributed by atoms with Crippen LogP contribution in [0.15, 0.2) is 11.4 Å². The van der Waals surface area contributed by atoms with Crippen LogP contribution in [0.3, 0.4) is 0 Å². The number of amides is 1. The van der Waals surface area contributed by atoms with Crippen LogP contribution in [0.25, 0.3) is 10.2 Å². The Labute approximate surface area is 200 Å². The number of pyridine rings is 1. The highest BCUT2D eigenvalue weighted by Gasteiger charge is 2.36. The second-order valence-corrected chi connectivity index (χ2v) is 9.05. The molecule has 1 aliphatic heterocycles. The van der Waals surface area contributed by atoms with Gasteiger partial charge < -0.3 is 15.0 Å². The lowest BCUT2D eigenvalue weighted by Crippen LogP contribution is -2.38. The number of fused-ring (bicyclic) bond motifs is 1. The Morgan fingerprint density at radius 2 is 1.89 bits per heavy atom. The topological polar surface area (TPSA) is 80.8 Å². The first kappa shape index (κ1) is 27.0. The lowest BCUT2D eigenvalue weighted by Gasteiger charge is -2.33. The molecule has 1 aliphatic rings. The highest BCUT2D eigenvalue weighted by molar-refractivity contribution is 7.17. The van der Waals surface area contributed by atoms with E-state index in [4.69, 9.17) is 4.74 Å². The number of aromatic nitrogens is 1. The lowest BCUT2D eigenvalue weighted by atomic mass is 10.1. The van der Waals surface area contributed by atoms with Crippen LogP contribution in [0.5, 0.6) is 0 Å². The van der Waals surface area contributed by atoms with Gasteiger partial charge in [0.05, 0.1) is 34.4 Å². The van der Waals surface area contributed by atoms with E-state index < -0.39 is 48.6 Å². The minimum absolute atomic E-state index is 0.0391. The lowest BCUT2D eigenvalue weighted by molar-refractivity contribution is -0.328. The van der Waals surface area contributed by atoms with Crippen molar-refractivity contribution in [3.05, 3.63) is 22.6 Å². The van der Waals surface area contributed by atoms with Gasteiger partial charge in [-0.05, 0) is 12.0 Å². The van der Waals surface area contributed by atoms with E-state index in [-0.39, 0.29) is 41.1 Å². The number of rotatable bonds is 7. The molecular weight excluding hydrogens is 504 g/mol. The maximum atomic E-state index is 13.7. The Kier molecular flexibility index (Phi) is 8.14. The largest absolute Gasteiger partial charge is 0.522 e. The van der Waals surface area contributed by atoms with Gasteiger partial charge in [-0.15, -0.1) is 24.5 Å². The second kappa shape index (κ2) is 10.6. The highest BCUT2D eigenvalue weighted by atomic mass is 32.1. The van der Waals surface area contributed by atoms with Crippen molar-refractivity contribution in [1.82, 2.24) is 10.3 Å². The van der Waals surface area contributed by atoms with Crippen molar-refractivity contribution in [2.45, 2.75) is 44.8 Å². The molecule has 1 N–H and O–H groups in total. The van der Waals surface area contributed by atoms with Crippen LogP contribution >= 0.6 is 11.3 Å². The average Bonchev–Trinajstić information content (AvgIpc) is 3.19. The Hall–Kier alpha value is -2.61. The van der Waals surface area contributed by atoms with Gasteiger partial charge in [0.15, 0.2) is 0 Å². The molecule has 1 saturated heterocycles. The van der Waals surface area contributed by atoms with Crippen LogP contribution in [0.1, 0.15) is 42.1 Å². The van der Waals surface area contributed by atoms with Crippen molar-refractivity contribution >= 4 is 39.2 Å². The molecule has 0 unspecified atom stereocenters. The van der Waals surface area contributed by atoms with E-state index in [1.54, 1.807) is 4.90 Å². The first-order chi connectivity index (χ1) is 16.3. The predicted molar refractivity (Wildman–Crippen MR) is 115 cm³/mol. The number of nitrogens with one attached hydrogen (secondary N) is 1. The van der Waals surface area contributed by atoms with Crippen LogP contribution in [-0.2, 0) is 20.4 Å². The number of carbonyl (C=O) groups is 2. The SMILES string of the molecule is CNC(=O)c1csc2c(C(F)(F)F)cc(N3CCC(OC(=O)C[C@@H](C)COC(F)(F)F)CC3)nc12.